The van der Waals surface area contributed by atoms with Crippen molar-refractivity contribution in [2.45, 2.75) is 43.1 Å². The Hall–Kier alpha value is -10.2. The zero-order valence-electron chi connectivity index (χ0n) is 33.8. The molecule has 36 nitrogen and oxygen atoms in total. The molecule has 36 heteroatoms. The molecule has 2 rings (SSSR count). The van der Waals surface area contributed by atoms with E-state index in [-0.39, 0.29) is 5.56 Å². The van der Waals surface area contributed by atoms with Gasteiger partial charge < -0.3 is 98.0 Å². The van der Waals surface area contributed by atoms with E-state index in [1.807, 2.05) is 47.9 Å². The monoisotopic (exact) mass is 942 g/mol. The Morgan fingerprint density at radius 1 is 0.582 bits per heavy atom. The Morgan fingerprint density at radius 3 is 1.27 bits per heavy atom. The maximum atomic E-state index is 13.8. The van der Waals surface area contributed by atoms with Gasteiger partial charge in [-0.25, -0.2) is 0 Å². The van der Waals surface area contributed by atoms with Crippen LogP contribution in [0.5, 0.6) is 0 Å². The molecule has 67 heavy (non-hydrogen) atoms. The van der Waals surface area contributed by atoms with Gasteiger partial charge in [0.2, 0.25) is 12.1 Å². The summed E-state index contributed by atoms with van der Waals surface area (Å²) in [5.41, 5.74) is 28.0. The van der Waals surface area contributed by atoms with Crippen molar-refractivity contribution < 1.29 is 48.5 Å². The van der Waals surface area contributed by atoms with Gasteiger partial charge in [0.25, 0.3) is 35.4 Å². The third-order valence-electron chi connectivity index (χ3n) is 7.83. The van der Waals surface area contributed by atoms with Crippen molar-refractivity contribution in [1.29, 1.82) is 26.9 Å². The van der Waals surface area contributed by atoms with E-state index in [4.69, 9.17) is 56.0 Å². The molecule has 0 heterocycles. The van der Waals surface area contributed by atoms with Crippen LogP contribution in [0.1, 0.15) is 17.2 Å². The highest BCUT2D eigenvalue weighted by molar-refractivity contribution is 6.00. The lowest BCUT2D eigenvalue weighted by Crippen LogP contribution is -2.69. The van der Waals surface area contributed by atoms with E-state index in [0.717, 1.165) is 0 Å². The second kappa shape index (κ2) is 23.9. The standard InChI is InChI=1S/C31H42N24O12/c32-8-9-6-11(54(64)65)14(12(7-9)55(66)67)44-27(63)26(62)43-13(10-4-2-1-3-5-10)21(57)46-18(51-29(37)38)23(59)48-20(53-31(41)42)25(61)49-19(52-30(39)40)24(60)47-17(50-28(35)36)22(58)45-15(33)16(34)56/h1-7,13,15,17-20,27,44,63H,33H2,(H2,34,56)(H,43,62)(H,45,58)(H,46,57)(H,47,60)(H,48,59)(H,49,61)(H4,35,36,50)(H4,37,38,51)(H4,39,40,52)(H4,41,42,53). The van der Waals surface area contributed by atoms with Gasteiger partial charge >= 0.3 is 11.4 Å². The molecule has 7 amide bonds. The van der Waals surface area contributed by atoms with Gasteiger partial charge in [-0.05, 0) is 5.56 Å². The van der Waals surface area contributed by atoms with E-state index in [2.05, 4.69) is 10.6 Å². The van der Waals surface area contributed by atoms with E-state index in [1.165, 1.54) is 36.4 Å². The summed E-state index contributed by atoms with van der Waals surface area (Å²) >= 11 is 0. The molecular weight excluding hydrogens is 900 g/mol. The van der Waals surface area contributed by atoms with Crippen LogP contribution in [0.15, 0.2) is 42.5 Å². The molecule has 2 aromatic rings. The van der Waals surface area contributed by atoms with Crippen molar-refractivity contribution in [3.63, 3.8) is 0 Å². The summed E-state index contributed by atoms with van der Waals surface area (Å²) in [4.78, 5) is 113. The number of nitro benzene ring substituents is 2. The highest BCUT2D eigenvalue weighted by Crippen LogP contribution is 2.36. The Kier molecular flexibility index (Phi) is 18.9. The fraction of sp³-hybridized carbons (Fsp3) is 0.226. The average Bonchev–Trinajstić information content (AvgIpc) is 3.23. The van der Waals surface area contributed by atoms with Crippen molar-refractivity contribution in [1.82, 2.24) is 53.2 Å². The summed E-state index contributed by atoms with van der Waals surface area (Å²) in [5, 5.41) is 95.5. The molecule has 0 aromatic heterocycles. The Labute approximate surface area is 373 Å². The molecule has 0 aliphatic rings. The third-order valence-corrected chi connectivity index (χ3v) is 7.83. The maximum absolute atomic E-state index is 13.8. The predicted octanol–water partition coefficient (Wildman–Crippen LogP) is -9.45. The lowest BCUT2D eigenvalue weighted by atomic mass is 10.1. The van der Waals surface area contributed by atoms with Gasteiger partial charge in [-0.3, -0.25) is 75.4 Å². The summed E-state index contributed by atoms with van der Waals surface area (Å²) in [6.45, 7) is 0. The fourth-order valence-electron chi connectivity index (χ4n) is 4.98. The molecule has 0 fully saturated rings. The molecule has 7 atom stereocenters. The van der Waals surface area contributed by atoms with Crippen LogP contribution in [-0.4, -0.2) is 117 Å². The van der Waals surface area contributed by atoms with Crippen LogP contribution in [0.3, 0.4) is 0 Å². The minimum Gasteiger partial charge on any atom is -0.370 e. The van der Waals surface area contributed by atoms with Crippen LogP contribution >= 0.6 is 0 Å². The van der Waals surface area contributed by atoms with Crippen LogP contribution in [0.2, 0.25) is 0 Å². The zero-order chi connectivity index (χ0) is 50.9. The smallest absolute Gasteiger partial charge is 0.300 e. The number of benzene rings is 2. The maximum Gasteiger partial charge on any atom is 0.300 e. The Morgan fingerprint density at radius 2 is 0.940 bits per heavy atom. The predicted molar refractivity (Wildman–Crippen MR) is 225 cm³/mol. The van der Waals surface area contributed by atoms with E-state index >= 15 is 0 Å². The number of amides is 7. The first kappa shape index (κ1) is 53.0. The minimum atomic E-state index is -2.59. The molecular formula is C31H42N24O12. The quantitative estimate of drug-likeness (QED) is 0.0171. The second-order valence-electron chi connectivity index (χ2n) is 12.8. The van der Waals surface area contributed by atoms with Crippen LogP contribution in [0, 0.1) is 53.2 Å². The third kappa shape index (κ3) is 16.2. The lowest BCUT2D eigenvalue weighted by Gasteiger charge is -2.28. The molecule has 2 aromatic carbocycles. The van der Waals surface area contributed by atoms with Gasteiger partial charge in [-0.1, -0.05) is 30.3 Å². The first-order valence-corrected chi connectivity index (χ1v) is 17.9. The largest absolute Gasteiger partial charge is 0.370 e. The first-order chi connectivity index (χ1) is 31.2. The van der Waals surface area contributed by atoms with Gasteiger partial charge in [0.1, 0.15) is 6.04 Å². The van der Waals surface area contributed by atoms with Crippen molar-refractivity contribution in [2.24, 2.45) is 34.4 Å². The molecule has 0 spiro atoms. The van der Waals surface area contributed by atoms with Gasteiger partial charge in [-0.2, -0.15) is 5.26 Å². The number of primary amides is 1. The number of nitrogens with one attached hydrogen (secondary N) is 15. The van der Waals surface area contributed by atoms with Gasteiger partial charge in [-0.15, -0.1) is 0 Å². The fourth-order valence-corrected chi connectivity index (χ4v) is 4.98. The number of anilines is 1. The summed E-state index contributed by atoms with van der Waals surface area (Å²) in [7, 11) is 0. The van der Waals surface area contributed by atoms with E-state index in [0.29, 0.717) is 12.1 Å². The zero-order valence-corrected chi connectivity index (χ0v) is 33.8. The van der Waals surface area contributed by atoms with Crippen molar-refractivity contribution in [3.8, 4) is 6.07 Å². The molecule has 0 aliphatic carbocycles. The van der Waals surface area contributed by atoms with Gasteiger partial charge in [0.15, 0.2) is 60.4 Å². The second-order valence-corrected chi connectivity index (χ2v) is 12.8. The number of nitriles is 1. The molecule has 0 bridgehead atoms. The summed E-state index contributed by atoms with van der Waals surface area (Å²) < 4.78 is 0. The number of guanidine groups is 4. The molecule has 0 aliphatic heterocycles. The normalized spacial score (nSPS) is 13.4. The summed E-state index contributed by atoms with van der Waals surface area (Å²) in [6, 6.07) is 7.54. The molecule has 358 valence electrons. The van der Waals surface area contributed by atoms with Crippen LogP contribution in [0.4, 0.5) is 17.1 Å². The van der Waals surface area contributed by atoms with E-state index in [1.54, 1.807) is 0 Å². The number of aliphatic hydroxyl groups is 1. The van der Waals surface area contributed by atoms with E-state index < -0.39 is 141 Å². The Balaban J connectivity index is 2.45. The number of hydrogen-bond donors (Lipinski definition) is 22. The highest BCUT2D eigenvalue weighted by Gasteiger charge is 2.36. The molecule has 0 saturated carbocycles. The number of aliphatic hydroxyl groups excluding tert-OH is 1. The lowest BCUT2D eigenvalue weighted by molar-refractivity contribution is -0.392. The van der Waals surface area contributed by atoms with Crippen molar-refractivity contribution in [2.75, 3.05) is 5.32 Å². The van der Waals surface area contributed by atoms with Crippen molar-refractivity contribution in [3.05, 3.63) is 73.8 Å². The van der Waals surface area contributed by atoms with Gasteiger partial charge in [0, 0.05) is 12.1 Å². The first-order valence-electron chi connectivity index (χ1n) is 17.9. The summed E-state index contributed by atoms with van der Waals surface area (Å²) in [5.74, 6) is -13.8. The highest BCUT2D eigenvalue weighted by atomic mass is 16.6. The number of carbonyl (C=O) groups is 7. The SMILES string of the molecule is N#Cc1cc([N+](=O)[O-])c(NC(O)C(=O)NC(C(=O)NC(NC(=N)N)C(=O)NC(NC(=N)N)C(=O)NC(NC(=N)N)C(=O)NC(NC(=N)N)C(=O)NC(N)C(N)=O)c2ccccc2)c([N+](=O)[O-])c1. The number of nitrogens with zero attached hydrogens (tertiary/aromatic N) is 3. The van der Waals surface area contributed by atoms with Crippen LogP contribution < -0.4 is 92.9 Å². The number of nitrogens with two attached hydrogens (primary N) is 6. The summed E-state index contributed by atoms with van der Waals surface area (Å²) in [6.07, 6.45) is -13.0. The van der Waals surface area contributed by atoms with Gasteiger partial charge in [0.05, 0.1) is 21.5 Å². The Bertz CT molecular complexity index is 2340. The minimum absolute atomic E-state index is 0.0791. The van der Waals surface area contributed by atoms with E-state index in [9.17, 15) is 64.2 Å². The van der Waals surface area contributed by atoms with Crippen LogP contribution in [-0.2, 0) is 33.6 Å². The van der Waals surface area contributed by atoms with Crippen molar-refractivity contribution >= 4 is 82.3 Å². The number of rotatable bonds is 22. The molecule has 0 radical (unpaired) electrons. The number of nitro groups is 2. The molecule has 0 saturated heterocycles. The average molecular weight is 943 g/mol. The molecule has 7 unspecified atom stereocenters. The van der Waals surface area contributed by atoms with Crippen LogP contribution in [0.25, 0.3) is 0 Å². The molecule has 28 N–H and O–H groups in total. The number of hydrogen-bond acceptors (Lipinski definition) is 19. The number of carbonyl (C=O) groups excluding carboxylic acids is 7. The topological polar surface area (TPSA) is 634 Å².